The van der Waals surface area contributed by atoms with Crippen LogP contribution in [0.15, 0.2) is 46.1 Å². The van der Waals surface area contributed by atoms with E-state index >= 15 is 0 Å². The number of hydrogen-bond donors (Lipinski definition) is 2. The van der Waals surface area contributed by atoms with E-state index in [0.717, 1.165) is 6.07 Å². The molecular weight excluding hydrogens is 298 g/mol. The van der Waals surface area contributed by atoms with Crippen LogP contribution in [0.25, 0.3) is 0 Å². The topological polar surface area (TPSA) is 114 Å². The number of nitro groups is 1. The van der Waals surface area contributed by atoms with Gasteiger partial charge in [0.2, 0.25) is 10.0 Å². The Kier molecular flexibility index (Phi) is 4.24. The Morgan fingerprint density at radius 2 is 2.10 bits per heavy atom. The summed E-state index contributed by atoms with van der Waals surface area (Å²) in [5, 5.41) is 13.6. The zero-order chi connectivity index (χ0) is 15.5. The van der Waals surface area contributed by atoms with Crippen molar-refractivity contribution in [1.82, 2.24) is 4.72 Å². The minimum atomic E-state index is -3.84. The van der Waals surface area contributed by atoms with Crippen molar-refractivity contribution in [1.29, 1.82) is 0 Å². The highest BCUT2D eigenvalue weighted by atomic mass is 32.2. The van der Waals surface area contributed by atoms with E-state index in [0.29, 0.717) is 5.56 Å². The van der Waals surface area contributed by atoms with Crippen molar-refractivity contribution in [2.24, 2.45) is 0 Å². The first-order chi connectivity index (χ1) is 9.94. The third-order valence-corrected chi connectivity index (χ3v) is 4.19. The van der Waals surface area contributed by atoms with Crippen LogP contribution in [0.4, 0.5) is 11.4 Å². The number of hydrogen-bond acceptors (Lipinski definition) is 6. The fourth-order valence-electron chi connectivity index (χ4n) is 1.70. The van der Waals surface area contributed by atoms with Gasteiger partial charge in [-0.1, -0.05) is 0 Å². The van der Waals surface area contributed by atoms with E-state index in [9.17, 15) is 18.5 Å². The minimum absolute atomic E-state index is 0.0421. The lowest BCUT2D eigenvalue weighted by Gasteiger charge is -2.07. The fourth-order valence-corrected chi connectivity index (χ4v) is 2.73. The molecule has 0 fully saturated rings. The average Bonchev–Trinajstić information content (AvgIpc) is 2.97. The molecule has 0 spiro atoms. The molecule has 0 aliphatic carbocycles. The molecule has 8 nitrogen and oxygen atoms in total. The van der Waals surface area contributed by atoms with Crippen LogP contribution in [-0.2, 0) is 16.6 Å². The van der Waals surface area contributed by atoms with Gasteiger partial charge in [0.15, 0.2) is 0 Å². The van der Waals surface area contributed by atoms with Crippen molar-refractivity contribution < 1.29 is 17.8 Å². The van der Waals surface area contributed by atoms with Crippen molar-refractivity contribution in [3.8, 4) is 0 Å². The third kappa shape index (κ3) is 3.38. The molecule has 112 valence electrons. The lowest BCUT2D eigenvalue weighted by atomic mass is 10.3. The predicted molar refractivity (Wildman–Crippen MR) is 75.4 cm³/mol. The summed E-state index contributed by atoms with van der Waals surface area (Å²) in [6, 6.07) is 5.29. The maximum atomic E-state index is 12.1. The molecule has 0 amide bonds. The summed E-state index contributed by atoms with van der Waals surface area (Å²) in [7, 11) is -2.32. The van der Waals surface area contributed by atoms with Gasteiger partial charge in [0.25, 0.3) is 5.69 Å². The predicted octanol–water partition coefficient (Wildman–Crippen LogP) is 1.71. The molecule has 0 unspecified atom stereocenters. The van der Waals surface area contributed by atoms with Gasteiger partial charge in [0, 0.05) is 25.2 Å². The molecule has 0 saturated heterocycles. The molecular formula is C12H13N3O5S. The summed E-state index contributed by atoms with van der Waals surface area (Å²) < 4.78 is 31.4. The molecule has 9 heteroatoms. The summed E-state index contributed by atoms with van der Waals surface area (Å²) in [6.07, 6.45) is 2.84. The molecule has 21 heavy (non-hydrogen) atoms. The Labute approximate surface area is 121 Å². The second kappa shape index (κ2) is 5.94. The monoisotopic (exact) mass is 311 g/mol. The van der Waals surface area contributed by atoms with Gasteiger partial charge in [0.05, 0.1) is 22.3 Å². The van der Waals surface area contributed by atoms with Gasteiger partial charge in [-0.05, 0) is 18.2 Å². The molecule has 0 atom stereocenters. The van der Waals surface area contributed by atoms with Crippen LogP contribution in [0.3, 0.4) is 0 Å². The Balaban J connectivity index is 2.27. The number of nitrogens with one attached hydrogen (secondary N) is 2. The quantitative estimate of drug-likeness (QED) is 0.620. The van der Waals surface area contributed by atoms with Crippen LogP contribution in [0.2, 0.25) is 0 Å². The van der Waals surface area contributed by atoms with E-state index in [1.54, 1.807) is 6.07 Å². The largest absolute Gasteiger partial charge is 0.472 e. The second-order valence-electron chi connectivity index (χ2n) is 4.14. The number of rotatable bonds is 6. The van der Waals surface area contributed by atoms with Gasteiger partial charge in [0.1, 0.15) is 5.69 Å². The number of furan rings is 1. The van der Waals surface area contributed by atoms with Gasteiger partial charge >= 0.3 is 0 Å². The van der Waals surface area contributed by atoms with E-state index in [2.05, 4.69) is 10.0 Å². The van der Waals surface area contributed by atoms with Crippen LogP contribution in [0.1, 0.15) is 5.56 Å². The molecule has 2 rings (SSSR count). The molecule has 0 radical (unpaired) electrons. The maximum absolute atomic E-state index is 12.1. The molecule has 0 saturated carbocycles. The van der Waals surface area contributed by atoms with E-state index in [-0.39, 0.29) is 22.8 Å². The van der Waals surface area contributed by atoms with Crippen LogP contribution < -0.4 is 10.0 Å². The number of nitro benzene ring substituents is 1. The maximum Gasteiger partial charge on any atom is 0.293 e. The molecule has 2 aromatic rings. The number of anilines is 1. The summed E-state index contributed by atoms with van der Waals surface area (Å²) >= 11 is 0. The first-order valence-corrected chi connectivity index (χ1v) is 7.39. The Morgan fingerprint density at radius 3 is 2.67 bits per heavy atom. The normalized spacial score (nSPS) is 11.3. The second-order valence-corrected chi connectivity index (χ2v) is 5.91. The first-order valence-electron chi connectivity index (χ1n) is 5.91. The average molecular weight is 311 g/mol. The highest BCUT2D eigenvalue weighted by Crippen LogP contribution is 2.27. The van der Waals surface area contributed by atoms with E-state index < -0.39 is 14.9 Å². The lowest BCUT2D eigenvalue weighted by Crippen LogP contribution is -2.23. The van der Waals surface area contributed by atoms with Gasteiger partial charge in [-0.3, -0.25) is 10.1 Å². The zero-order valence-corrected chi connectivity index (χ0v) is 11.9. The molecule has 0 aliphatic heterocycles. The van der Waals surface area contributed by atoms with Crippen LogP contribution in [-0.4, -0.2) is 20.4 Å². The van der Waals surface area contributed by atoms with E-state index in [1.807, 2.05) is 0 Å². The van der Waals surface area contributed by atoms with E-state index in [1.165, 1.54) is 31.7 Å². The highest BCUT2D eigenvalue weighted by Gasteiger charge is 2.20. The van der Waals surface area contributed by atoms with Gasteiger partial charge in [-0.2, -0.15) is 0 Å². The Morgan fingerprint density at radius 1 is 1.33 bits per heavy atom. The molecule has 0 aliphatic rings. The zero-order valence-electron chi connectivity index (χ0n) is 11.1. The smallest absolute Gasteiger partial charge is 0.293 e. The summed E-state index contributed by atoms with van der Waals surface area (Å²) in [5.74, 6) is 0. The molecule has 1 aromatic carbocycles. The Bertz CT molecular complexity index is 740. The van der Waals surface area contributed by atoms with Gasteiger partial charge in [-0.15, -0.1) is 0 Å². The molecule has 1 heterocycles. The van der Waals surface area contributed by atoms with Crippen LogP contribution >= 0.6 is 0 Å². The van der Waals surface area contributed by atoms with Crippen molar-refractivity contribution >= 4 is 21.4 Å². The van der Waals surface area contributed by atoms with Gasteiger partial charge < -0.3 is 9.73 Å². The van der Waals surface area contributed by atoms with Crippen LogP contribution in [0.5, 0.6) is 0 Å². The number of sulfonamides is 1. The van der Waals surface area contributed by atoms with E-state index in [4.69, 9.17) is 4.42 Å². The van der Waals surface area contributed by atoms with Gasteiger partial charge in [-0.25, -0.2) is 13.1 Å². The van der Waals surface area contributed by atoms with Crippen molar-refractivity contribution in [2.45, 2.75) is 11.4 Å². The molecule has 2 N–H and O–H groups in total. The molecule has 1 aromatic heterocycles. The first kappa shape index (κ1) is 15.0. The standard InChI is InChI=1S/C12H13N3O5S/c1-13-11-3-2-10(6-12(11)15(16)17)21(18,19)14-7-9-4-5-20-8-9/h2-6,8,13-14H,7H2,1H3. The van der Waals surface area contributed by atoms with Crippen LogP contribution in [0, 0.1) is 10.1 Å². The highest BCUT2D eigenvalue weighted by molar-refractivity contribution is 7.89. The number of nitrogens with zero attached hydrogens (tertiary/aromatic N) is 1. The summed E-state index contributed by atoms with van der Waals surface area (Å²) in [4.78, 5) is 10.1. The van der Waals surface area contributed by atoms with Crippen molar-refractivity contribution in [3.05, 3.63) is 52.5 Å². The lowest BCUT2D eigenvalue weighted by molar-refractivity contribution is -0.384. The SMILES string of the molecule is CNc1ccc(S(=O)(=O)NCc2ccoc2)cc1[N+](=O)[O-]. The Hall–Kier alpha value is -2.39. The van der Waals surface area contributed by atoms with Crippen molar-refractivity contribution in [2.75, 3.05) is 12.4 Å². The number of benzene rings is 1. The summed E-state index contributed by atoms with van der Waals surface area (Å²) in [5.41, 5.74) is 0.595. The minimum Gasteiger partial charge on any atom is -0.472 e. The molecule has 0 bridgehead atoms. The van der Waals surface area contributed by atoms with Crippen molar-refractivity contribution in [3.63, 3.8) is 0 Å². The fraction of sp³-hybridized carbons (Fsp3) is 0.167. The third-order valence-electron chi connectivity index (χ3n) is 2.79. The summed E-state index contributed by atoms with van der Waals surface area (Å²) in [6.45, 7) is 0.0421.